The monoisotopic (exact) mass is 455 g/mol. The molecule has 0 saturated carbocycles. The third kappa shape index (κ3) is 6.71. The van der Waals surface area contributed by atoms with Crippen molar-refractivity contribution in [3.05, 3.63) is 59.7 Å². The normalized spacial score (nSPS) is 17.1. The molecule has 7 heteroatoms. The van der Waals surface area contributed by atoms with Crippen LogP contribution < -0.4 is 9.47 Å². The molecule has 0 bridgehead atoms. The maximum absolute atomic E-state index is 13.0. The largest absolute Gasteiger partial charge is 0.485 e. The van der Waals surface area contributed by atoms with E-state index in [0.717, 1.165) is 11.1 Å². The van der Waals surface area contributed by atoms with E-state index in [1.165, 1.54) is 6.92 Å². The minimum atomic E-state index is -0.843. The molecule has 0 fully saturated rings. The first-order valence-corrected chi connectivity index (χ1v) is 11.2. The lowest BCUT2D eigenvalue weighted by atomic mass is 10.0. The molecule has 1 aliphatic heterocycles. The lowest BCUT2D eigenvalue weighted by molar-refractivity contribution is -0.125. The van der Waals surface area contributed by atoms with Gasteiger partial charge in [-0.05, 0) is 64.3 Å². The molecule has 3 atom stereocenters. The second-order valence-electron chi connectivity index (χ2n) is 9.42. The Morgan fingerprint density at radius 2 is 1.85 bits per heavy atom. The predicted octanol–water partition coefficient (Wildman–Crippen LogP) is 4.32. The highest BCUT2D eigenvalue weighted by Gasteiger charge is 2.29. The molecule has 0 saturated heterocycles. The summed E-state index contributed by atoms with van der Waals surface area (Å²) in [4.78, 5) is 26.1. The minimum absolute atomic E-state index is 0.0803. The number of hydrogen-bond acceptors (Lipinski definition) is 6. The van der Waals surface area contributed by atoms with Crippen molar-refractivity contribution in [1.82, 2.24) is 4.90 Å². The summed E-state index contributed by atoms with van der Waals surface area (Å²) in [5.41, 5.74) is 1.02. The van der Waals surface area contributed by atoms with Gasteiger partial charge in [0.05, 0.1) is 12.6 Å². The van der Waals surface area contributed by atoms with E-state index in [1.54, 1.807) is 11.0 Å². The fourth-order valence-electron chi connectivity index (χ4n) is 3.62. The van der Waals surface area contributed by atoms with E-state index >= 15 is 0 Å². The van der Waals surface area contributed by atoms with Gasteiger partial charge in [-0.3, -0.25) is 4.79 Å². The van der Waals surface area contributed by atoms with Gasteiger partial charge in [-0.25, -0.2) is 4.79 Å². The number of ketones is 1. The first kappa shape index (κ1) is 24.6. The van der Waals surface area contributed by atoms with Gasteiger partial charge in [0.1, 0.15) is 12.2 Å². The Morgan fingerprint density at radius 1 is 1.15 bits per heavy atom. The van der Waals surface area contributed by atoms with E-state index in [1.807, 2.05) is 70.2 Å². The number of Topliss-reactive ketones (excluding diaryl/α,β-unsaturated/α-hetero) is 1. The van der Waals surface area contributed by atoms with Gasteiger partial charge >= 0.3 is 6.09 Å². The molecule has 0 aromatic heterocycles. The van der Waals surface area contributed by atoms with Gasteiger partial charge in [0.25, 0.3) is 0 Å². The molecule has 0 radical (unpaired) electrons. The van der Waals surface area contributed by atoms with Crippen LogP contribution in [0.15, 0.2) is 48.5 Å². The van der Waals surface area contributed by atoms with E-state index < -0.39 is 23.9 Å². The van der Waals surface area contributed by atoms with Crippen LogP contribution in [0.1, 0.15) is 51.8 Å². The Kier molecular flexibility index (Phi) is 7.64. The molecular weight excluding hydrogens is 422 g/mol. The molecule has 1 heterocycles. The van der Waals surface area contributed by atoms with Gasteiger partial charge in [0.2, 0.25) is 0 Å². The number of rotatable bonds is 7. The first-order valence-electron chi connectivity index (χ1n) is 11.2. The lowest BCUT2D eigenvalue weighted by Gasteiger charge is -2.33. The van der Waals surface area contributed by atoms with Gasteiger partial charge in [-0.15, -0.1) is 0 Å². The van der Waals surface area contributed by atoms with E-state index in [9.17, 15) is 14.7 Å². The summed E-state index contributed by atoms with van der Waals surface area (Å²) < 4.78 is 17.0. The Bertz CT molecular complexity index is 968. The zero-order chi connectivity index (χ0) is 24.2. The number of amides is 1. The summed E-state index contributed by atoms with van der Waals surface area (Å²) in [6.07, 6.45) is -1.39. The van der Waals surface area contributed by atoms with Crippen LogP contribution >= 0.6 is 0 Å². The Labute approximate surface area is 195 Å². The van der Waals surface area contributed by atoms with Crippen molar-refractivity contribution in [2.45, 2.75) is 64.9 Å². The number of carbonyl (C=O) groups excluding carboxylic acids is 2. The highest BCUT2D eigenvalue weighted by Crippen LogP contribution is 2.33. The fraction of sp³-hybridized carbons (Fsp3) is 0.462. The molecule has 2 aromatic carbocycles. The van der Waals surface area contributed by atoms with Crippen molar-refractivity contribution in [3.8, 4) is 11.5 Å². The second-order valence-corrected chi connectivity index (χ2v) is 9.42. The number of hydrogen-bond donors (Lipinski definition) is 1. The van der Waals surface area contributed by atoms with Crippen molar-refractivity contribution in [2.24, 2.45) is 0 Å². The van der Waals surface area contributed by atoms with E-state index in [4.69, 9.17) is 14.2 Å². The number of carbonyl (C=O) groups is 2. The number of nitrogens with zero attached hydrogens (tertiary/aromatic N) is 1. The van der Waals surface area contributed by atoms with E-state index in [-0.39, 0.29) is 25.0 Å². The Hall–Kier alpha value is -3.06. The van der Waals surface area contributed by atoms with Gasteiger partial charge in [-0.2, -0.15) is 0 Å². The van der Waals surface area contributed by atoms with Gasteiger partial charge in [0.15, 0.2) is 23.4 Å². The zero-order valence-electron chi connectivity index (χ0n) is 19.9. The molecule has 178 valence electrons. The molecule has 1 N–H and O–H groups in total. The summed E-state index contributed by atoms with van der Waals surface area (Å²) in [7, 11) is 0. The topological polar surface area (TPSA) is 85.3 Å². The number of aliphatic hydroxyl groups excluding tert-OH is 1. The van der Waals surface area contributed by atoms with Crippen LogP contribution in [0, 0.1) is 0 Å². The van der Waals surface area contributed by atoms with Crippen LogP contribution in [0.25, 0.3) is 0 Å². The highest BCUT2D eigenvalue weighted by atomic mass is 16.6. The van der Waals surface area contributed by atoms with Gasteiger partial charge in [-0.1, -0.05) is 36.4 Å². The minimum Gasteiger partial charge on any atom is -0.485 e. The van der Waals surface area contributed by atoms with Crippen LogP contribution in [0.3, 0.4) is 0 Å². The Balaban J connectivity index is 1.76. The molecule has 0 aliphatic carbocycles. The predicted molar refractivity (Wildman–Crippen MR) is 125 cm³/mol. The Morgan fingerprint density at radius 3 is 2.48 bits per heavy atom. The maximum atomic E-state index is 13.0. The van der Waals surface area contributed by atoms with Crippen molar-refractivity contribution in [3.63, 3.8) is 0 Å². The van der Waals surface area contributed by atoms with Crippen molar-refractivity contribution >= 4 is 11.9 Å². The summed E-state index contributed by atoms with van der Waals surface area (Å²) in [5, 5.41) is 10.8. The molecule has 2 aromatic rings. The van der Waals surface area contributed by atoms with Crippen molar-refractivity contribution in [2.75, 3.05) is 13.2 Å². The highest BCUT2D eigenvalue weighted by molar-refractivity contribution is 5.81. The second kappa shape index (κ2) is 10.3. The average molecular weight is 456 g/mol. The smallest absolute Gasteiger partial charge is 0.410 e. The zero-order valence-corrected chi connectivity index (χ0v) is 19.9. The SMILES string of the molecule is CC(=O)[C@H]1COc2cc(C[C@H](C)N(C[C@H](O)c3ccccc3)C(=O)OC(C)(C)C)ccc2O1. The van der Waals surface area contributed by atoms with Crippen LogP contribution in [0.4, 0.5) is 4.79 Å². The molecule has 7 nitrogen and oxygen atoms in total. The molecular formula is C26H33NO6. The van der Waals surface area contributed by atoms with Crippen molar-refractivity contribution in [1.29, 1.82) is 0 Å². The molecule has 3 rings (SSSR count). The number of aliphatic hydroxyl groups is 1. The summed E-state index contributed by atoms with van der Waals surface area (Å²) >= 11 is 0. The van der Waals surface area contributed by atoms with E-state index in [0.29, 0.717) is 17.9 Å². The lowest BCUT2D eigenvalue weighted by Crippen LogP contribution is -2.45. The standard InChI is InChI=1S/C26H33NO6/c1-17(13-19-11-12-22-23(14-19)31-16-24(32-22)18(2)28)27(25(30)33-26(3,4)5)15-21(29)20-9-7-6-8-10-20/h6-12,14,17,21,24,29H,13,15-16H2,1-5H3/t17-,21-,24+/m0/s1. The van der Waals surface area contributed by atoms with Crippen molar-refractivity contribution < 1.29 is 28.9 Å². The van der Waals surface area contributed by atoms with Gasteiger partial charge < -0.3 is 24.2 Å². The molecule has 33 heavy (non-hydrogen) atoms. The number of ether oxygens (including phenoxy) is 3. The average Bonchev–Trinajstić information content (AvgIpc) is 2.76. The summed E-state index contributed by atoms with van der Waals surface area (Å²) in [5.74, 6) is 1.02. The maximum Gasteiger partial charge on any atom is 0.410 e. The fourth-order valence-corrected chi connectivity index (χ4v) is 3.62. The molecule has 0 unspecified atom stereocenters. The molecule has 1 aliphatic rings. The quantitative estimate of drug-likeness (QED) is 0.669. The van der Waals surface area contributed by atoms with Crippen LogP contribution in [-0.2, 0) is 16.0 Å². The third-order valence-electron chi connectivity index (χ3n) is 5.37. The number of fused-ring (bicyclic) bond motifs is 1. The van der Waals surface area contributed by atoms with Crippen LogP contribution in [-0.4, -0.2) is 52.8 Å². The summed E-state index contributed by atoms with van der Waals surface area (Å²) in [6.45, 7) is 9.12. The molecule has 1 amide bonds. The van der Waals surface area contributed by atoms with Gasteiger partial charge in [0, 0.05) is 6.04 Å². The first-order chi connectivity index (χ1) is 15.5. The van der Waals surface area contributed by atoms with Crippen LogP contribution in [0.2, 0.25) is 0 Å². The summed E-state index contributed by atoms with van der Waals surface area (Å²) in [6, 6.07) is 14.5. The number of benzene rings is 2. The third-order valence-corrected chi connectivity index (χ3v) is 5.37. The van der Waals surface area contributed by atoms with E-state index in [2.05, 4.69) is 0 Å². The molecule has 0 spiro atoms. The van der Waals surface area contributed by atoms with Crippen LogP contribution in [0.5, 0.6) is 11.5 Å².